The fraction of sp³-hybridized carbons (Fsp3) is 0.419. The van der Waals surface area contributed by atoms with E-state index in [1.54, 1.807) is 14.2 Å². The summed E-state index contributed by atoms with van der Waals surface area (Å²) >= 11 is 0. The molecule has 3 atom stereocenters. The molecule has 9 nitrogen and oxygen atoms in total. The van der Waals surface area contributed by atoms with Gasteiger partial charge in [-0.1, -0.05) is 54.6 Å². The van der Waals surface area contributed by atoms with Gasteiger partial charge in [-0.25, -0.2) is 0 Å². The van der Waals surface area contributed by atoms with Crippen LogP contribution in [0.4, 0.5) is 0 Å². The summed E-state index contributed by atoms with van der Waals surface area (Å²) in [4.78, 5) is 0. The first-order valence-electron chi connectivity index (χ1n) is 13.3. The van der Waals surface area contributed by atoms with E-state index in [0.717, 1.165) is 28.2 Å². The molecule has 3 unspecified atom stereocenters. The molecule has 0 aliphatic carbocycles. The van der Waals surface area contributed by atoms with Crippen LogP contribution in [0.15, 0.2) is 78.9 Å². The van der Waals surface area contributed by atoms with Gasteiger partial charge in [-0.2, -0.15) is 0 Å². The largest absolute Gasteiger partial charge is 0.497 e. The highest BCUT2D eigenvalue weighted by Gasteiger charge is 2.53. The van der Waals surface area contributed by atoms with E-state index in [2.05, 4.69) is 0 Å². The van der Waals surface area contributed by atoms with Crippen LogP contribution in [0.1, 0.15) is 16.7 Å². The summed E-state index contributed by atoms with van der Waals surface area (Å²) in [6, 6.07) is 25.3. The Morgan fingerprint density at radius 2 is 1.40 bits per heavy atom. The topological polar surface area (TPSA) is 111 Å². The first-order chi connectivity index (χ1) is 19.5. The van der Waals surface area contributed by atoms with Crippen LogP contribution in [-0.2, 0) is 29.3 Å². The zero-order valence-corrected chi connectivity index (χ0v) is 23.3. The third kappa shape index (κ3) is 6.31. The molecule has 0 aromatic heterocycles. The highest BCUT2D eigenvalue weighted by Crippen LogP contribution is 2.43. The number of aliphatic hydroxyl groups excluding tert-OH is 1. The van der Waals surface area contributed by atoms with Crippen molar-refractivity contribution in [1.82, 2.24) is 0 Å². The maximum absolute atomic E-state index is 11.3. The number of methoxy groups -OCH3 is 3. The van der Waals surface area contributed by atoms with Gasteiger partial charge in [-0.05, 0) is 41.0 Å². The summed E-state index contributed by atoms with van der Waals surface area (Å²) in [6.45, 7) is 1.30. The summed E-state index contributed by atoms with van der Waals surface area (Å²) in [6.07, 6.45) is -1.69. The van der Waals surface area contributed by atoms with Crippen LogP contribution >= 0.6 is 0 Å². The average Bonchev–Trinajstić information content (AvgIpc) is 3.33. The summed E-state index contributed by atoms with van der Waals surface area (Å²) < 4.78 is 41.0. The third-order valence-corrected chi connectivity index (χ3v) is 7.10. The molecule has 1 heterocycles. The van der Waals surface area contributed by atoms with Gasteiger partial charge >= 0.3 is 0 Å². The van der Waals surface area contributed by atoms with E-state index in [4.69, 9.17) is 38.9 Å². The van der Waals surface area contributed by atoms with E-state index in [1.165, 1.54) is 7.11 Å². The van der Waals surface area contributed by atoms with E-state index in [9.17, 15) is 5.11 Å². The van der Waals surface area contributed by atoms with Crippen molar-refractivity contribution in [1.29, 1.82) is 0 Å². The zero-order chi connectivity index (χ0) is 28.4. The van der Waals surface area contributed by atoms with Gasteiger partial charge in [0.15, 0.2) is 0 Å². The normalized spacial score (nSPS) is 20.9. The second-order valence-corrected chi connectivity index (χ2v) is 9.38. The lowest BCUT2D eigenvalue weighted by atomic mass is 9.80. The van der Waals surface area contributed by atoms with Crippen LogP contribution in [0.5, 0.6) is 11.5 Å². The van der Waals surface area contributed by atoms with Gasteiger partial charge in [0, 0.05) is 13.7 Å². The molecule has 3 aromatic carbocycles. The van der Waals surface area contributed by atoms with Crippen LogP contribution in [-0.4, -0.2) is 84.0 Å². The number of hydrogen-bond acceptors (Lipinski definition) is 9. The summed E-state index contributed by atoms with van der Waals surface area (Å²) in [5, 5.41) is 11.3. The van der Waals surface area contributed by atoms with Crippen LogP contribution in [0.3, 0.4) is 0 Å². The van der Waals surface area contributed by atoms with Crippen molar-refractivity contribution in [3.63, 3.8) is 0 Å². The number of hydrogen-bond donors (Lipinski definition) is 2. The first kappa shape index (κ1) is 30.0. The van der Waals surface area contributed by atoms with Crippen LogP contribution in [0.2, 0.25) is 0 Å². The minimum Gasteiger partial charge on any atom is -0.497 e. The van der Waals surface area contributed by atoms with Crippen molar-refractivity contribution in [2.24, 2.45) is 5.73 Å². The lowest BCUT2D eigenvalue weighted by Gasteiger charge is -2.40. The fourth-order valence-electron chi connectivity index (χ4n) is 4.92. The number of aliphatic hydroxyl groups is 1. The number of rotatable bonds is 15. The fourth-order valence-corrected chi connectivity index (χ4v) is 4.92. The molecular weight excluding hydrogens is 514 g/mol. The van der Waals surface area contributed by atoms with Crippen molar-refractivity contribution in [3.8, 4) is 11.5 Å². The Bertz CT molecular complexity index is 1110. The predicted octanol–water partition coefficient (Wildman–Crippen LogP) is 3.11. The minimum absolute atomic E-state index is 0.113. The van der Waals surface area contributed by atoms with Crippen molar-refractivity contribution in [2.75, 3.05) is 60.9 Å². The number of nitrogens with two attached hydrogens (primary N) is 1. The van der Waals surface area contributed by atoms with Crippen molar-refractivity contribution < 1.29 is 38.3 Å². The Kier molecular flexibility index (Phi) is 10.5. The lowest BCUT2D eigenvalue weighted by Crippen LogP contribution is -2.52. The van der Waals surface area contributed by atoms with Crippen LogP contribution in [0.25, 0.3) is 0 Å². The van der Waals surface area contributed by atoms with E-state index in [1.807, 2.05) is 78.9 Å². The minimum atomic E-state index is -1.49. The molecule has 0 radical (unpaired) electrons. The van der Waals surface area contributed by atoms with Gasteiger partial charge in [-0.3, -0.25) is 0 Å². The molecule has 1 aliphatic rings. The quantitative estimate of drug-likeness (QED) is 0.217. The molecule has 0 amide bonds. The molecule has 9 heteroatoms. The van der Waals surface area contributed by atoms with Gasteiger partial charge in [0.05, 0.1) is 40.6 Å². The summed E-state index contributed by atoms with van der Waals surface area (Å²) in [7, 11) is 4.78. The Morgan fingerprint density at radius 1 is 0.825 bits per heavy atom. The molecule has 0 bridgehead atoms. The molecule has 216 valence electrons. The first-order valence-corrected chi connectivity index (χ1v) is 13.3. The van der Waals surface area contributed by atoms with Gasteiger partial charge in [0.1, 0.15) is 35.9 Å². The highest BCUT2D eigenvalue weighted by atomic mass is 16.7. The summed E-state index contributed by atoms with van der Waals surface area (Å²) in [5.41, 5.74) is 7.00. The maximum Gasteiger partial charge on any atom is 0.221 e. The predicted molar refractivity (Wildman–Crippen MR) is 150 cm³/mol. The zero-order valence-electron chi connectivity index (χ0n) is 23.3. The second kappa shape index (κ2) is 14.0. The molecule has 1 aliphatic heterocycles. The van der Waals surface area contributed by atoms with Crippen LogP contribution in [0, 0.1) is 0 Å². The molecule has 4 rings (SSSR count). The summed E-state index contributed by atoms with van der Waals surface area (Å²) in [5.74, 6) is -0.0587. The molecule has 0 spiro atoms. The van der Waals surface area contributed by atoms with Gasteiger partial charge in [0.25, 0.3) is 0 Å². The van der Waals surface area contributed by atoms with Crippen molar-refractivity contribution in [3.05, 3.63) is 95.6 Å². The molecular formula is C31H39NO8. The average molecular weight is 554 g/mol. The van der Waals surface area contributed by atoms with Gasteiger partial charge < -0.3 is 44.0 Å². The maximum atomic E-state index is 11.3. The highest BCUT2D eigenvalue weighted by molar-refractivity contribution is 5.49. The third-order valence-electron chi connectivity index (χ3n) is 7.10. The number of benzene rings is 3. The molecule has 1 saturated heterocycles. The van der Waals surface area contributed by atoms with E-state index in [0.29, 0.717) is 13.2 Å². The SMILES string of the molecule is COc1ccc(C(OCC2(OCCOCCN)OCC(OC)C2O)(c2ccccc2)c2ccc(OC)cc2)cc1. The smallest absolute Gasteiger partial charge is 0.221 e. The Hall–Kier alpha value is -3.02. The second-order valence-electron chi connectivity index (χ2n) is 9.38. The molecule has 0 saturated carbocycles. The molecule has 40 heavy (non-hydrogen) atoms. The van der Waals surface area contributed by atoms with Crippen molar-refractivity contribution >= 4 is 0 Å². The standard InChI is InChI=1S/C31H39NO8/c1-34-26-13-9-24(10-14-26)31(23-7-5-4-6-8-23,25-11-15-27(35-2)16-12-25)40-22-30(38-20-19-37-18-17-32)29(33)28(36-3)21-39-30/h4-16,28-29,33H,17-22,32H2,1-3H3. The van der Waals surface area contributed by atoms with Gasteiger partial charge in [-0.15, -0.1) is 0 Å². The monoisotopic (exact) mass is 553 g/mol. The van der Waals surface area contributed by atoms with E-state index < -0.39 is 23.6 Å². The van der Waals surface area contributed by atoms with Crippen LogP contribution < -0.4 is 15.2 Å². The Balaban J connectivity index is 1.79. The molecule has 3 N–H and O–H groups in total. The van der Waals surface area contributed by atoms with E-state index >= 15 is 0 Å². The van der Waals surface area contributed by atoms with Crippen molar-refractivity contribution in [2.45, 2.75) is 23.6 Å². The van der Waals surface area contributed by atoms with Gasteiger partial charge in [0.2, 0.25) is 5.79 Å². The lowest BCUT2D eigenvalue weighted by molar-refractivity contribution is -0.283. The number of ether oxygens (including phenoxy) is 7. The Labute approximate surface area is 235 Å². The molecule has 1 fully saturated rings. The van der Waals surface area contributed by atoms with E-state index in [-0.39, 0.29) is 26.4 Å². The molecule has 3 aromatic rings. The Morgan fingerprint density at radius 3 is 1.90 bits per heavy atom.